The number of nitrogen functional groups attached to an aromatic ring is 1. The molecule has 0 saturated carbocycles. The Kier molecular flexibility index (Phi) is 5.00. The van der Waals surface area contributed by atoms with Crippen molar-refractivity contribution in [1.82, 2.24) is 10.2 Å². The highest BCUT2D eigenvalue weighted by Crippen LogP contribution is 2.24. The lowest BCUT2D eigenvalue weighted by Gasteiger charge is -2.31. The Balaban J connectivity index is 2.17. The summed E-state index contributed by atoms with van der Waals surface area (Å²) in [5, 5.41) is 5.09. The van der Waals surface area contributed by atoms with Crippen LogP contribution in [0.3, 0.4) is 0 Å². The highest BCUT2D eigenvalue weighted by Gasteiger charge is 2.41. The van der Waals surface area contributed by atoms with Crippen molar-refractivity contribution in [2.45, 2.75) is 19.8 Å². The number of imide groups is 2. The van der Waals surface area contributed by atoms with Crippen molar-refractivity contribution in [3.8, 4) is 0 Å². The van der Waals surface area contributed by atoms with E-state index in [2.05, 4.69) is 17.2 Å². The number of unbranched alkanes of at least 4 members (excludes halogenated alkanes) is 1. The number of nitrogens with zero attached hydrogens (tertiary/aromatic N) is 1. The Labute approximate surface area is 134 Å². The first kappa shape index (κ1) is 16.5. The summed E-state index contributed by atoms with van der Waals surface area (Å²) in [5.41, 5.74) is 7.03. The summed E-state index contributed by atoms with van der Waals surface area (Å²) in [7, 11) is 0. The van der Waals surface area contributed by atoms with Gasteiger partial charge in [0, 0.05) is 12.2 Å². The van der Waals surface area contributed by atoms with Gasteiger partial charge in [0.15, 0.2) is 5.92 Å². The molecule has 0 unspecified atom stereocenters. The quantitative estimate of drug-likeness (QED) is 0.547. The largest absolute Gasteiger partial charge is 0.397 e. The van der Waals surface area contributed by atoms with Gasteiger partial charge in [-0.1, -0.05) is 32.1 Å². The van der Waals surface area contributed by atoms with Crippen molar-refractivity contribution >= 4 is 29.2 Å². The van der Waals surface area contributed by atoms with Crippen LogP contribution < -0.4 is 16.4 Å². The molecule has 122 valence electrons. The standard InChI is InChI=1S/C16H20N4O3/c1-3-4-9-20-15(22)13(14(21)19-16(20)23)10(2)18-12-8-6-5-7-11(12)17/h5-8,13,18H,2-4,9,17H2,1H3,(H,19,21,23)/t13-/m0/s1. The number of hydrogen-bond donors (Lipinski definition) is 3. The molecule has 23 heavy (non-hydrogen) atoms. The lowest BCUT2D eigenvalue weighted by Crippen LogP contribution is -2.58. The molecular formula is C16H20N4O3. The second kappa shape index (κ2) is 6.95. The number of hydrogen-bond acceptors (Lipinski definition) is 5. The van der Waals surface area contributed by atoms with Gasteiger partial charge in [0.25, 0.3) is 0 Å². The molecule has 0 bridgehead atoms. The smallest absolute Gasteiger partial charge is 0.330 e. The zero-order chi connectivity index (χ0) is 17.0. The topological polar surface area (TPSA) is 105 Å². The number of amides is 4. The summed E-state index contributed by atoms with van der Waals surface area (Å²) in [4.78, 5) is 37.4. The predicted molar refractivity (Wildman–Crippen MR) is 87.3 cm³/mol. The van der Waals surface area contributed by atoms with Crippen molar-refractivity contribution < 1.29 is 14.4 Å². The first-order valence-corrected chi connectivity index (χ1v) is 7.42. The Morgan fingerprint density at radius 1 is 1.35 bits per heavy atom. The Morgan fingerprint density at radius 2 is 2.04 bits per heavy atom. The minimum absolute atomic E-state index is 0.180. The number of para-hydroxylation sites is 2. The van der Waals surface area contributed by atoms with Gasteiger partial charge in [-0.25, -0.2) is 4.79 Å². The van der Waals surface area contributed by atoms with E-state index >= 15 is 0 Å². The molecule has 0 radical (unpaired) electrons. The summed E-state index contributed by atoms with van der Waals surface area (Å²) in [5.74, 6) is -2.41. The van der Waals surface area contributed by atoms with Crippen LogP contribution in [0.15, 0.2) is 36.5 Å². The maximum Gasteiger partial charge on any atom is 0.330 e. The molecule has 1 fully saturated rings. The molecule has 2 rings (SSSR count). The van der Waals surface area contributed by atoms with Gasteiger partial charge >= 0.3 is 6.03 Å². The predicted octanol–water partition coefficient (Wildman–Crippen LogP) is 1.69. The second-order valence-corrected chi connectivity index (χ2v) is 5.31. The Hall–Kier alpha value is -2.83. The highest BCUT2D eigenvalue weighted by atomic mass is 16.2. The van der Waals surface area contributed by atoms with Crippen LogP contribution >= 0.6 is 0 Å². The molecule has 1 saturated heterocycles. The summed E-state index contributed by atoms with van der Waals surface area (Å²) >= 11 is 0. The Bertz CT molecular complexity index is 656. The minimum Gasteiger partial charge on any atom is -0.397 e. The fourth-order valence-corrected chi connectivity index (χ4v) is 2.30. The summed E-state index contributed by atoms with van der Waals surface area (Å²) in [6, 6.07) is 6.26. The fourth-order valence-electron chi connectivity index (χ4n) is 2.30. The van der Waals surface area contributed by atoms with E-state index in [9.17, 15) is 14.4 Å². The van der Waals surface area contributed by atoms with Gasteiger partial charge in [-0.3, -0.25) is 19.8 Å². The van der Waals surface area contributed by atoms with Crippen molar-refractivity contribution in [1.29, 1.82) is 0 Å². The van der Waals surface area contributed by atoms with Crippen LogP contribution in [0.5, 0.6) is 0 Å². The third kappa shape index (κ3) is 3.50. The lowest BCUT2D eigenvalue weighted by molar-refractivity contribution is -0.140. The molecule has 7 nitrogen and oxygen atoms in total. The van der Waals surface area contributed by atoms with E-state index in [4.69, 9.17) is 5.73 Å². The van der Waals surface area contributed by atoms with Gasteiger partial charge < -0.3 is 11.1 Å². The molecule has 1 atom stereocenters. The monoisotopic (exact) mass is 316 g/mol. The average Bonchev–Trinajstić information content (AvgIpc) is 2.49. The number of rotatable bonds is 6. The zero-order valence-corrected chi connectivity index (χ0v) is 13.0. The molecule has 7 heteroatoms. The lowest BCUT2D eigenvalue weighted by atomic mass is 10.0. The molecule has 1 aliphatic rings. The first-order chi connectivity index (χ1) is 11.0. The maximum atomic E-state index is 12.5. The number of nitrogens with one attached hydrogen (secondary N) is 2. The number of barbiturate groups is 1. The summed E-state index contributed by atoms with van der Waals surface area (Å²) in [6.45, 7) is 5.99. The van der Waals surface area contributed by atoms with Gasteiger partial charge in [-0.15, -0.1) is 0 Å². The first-order valence-electron chi connectivity index (χ1n) is 7.42. The molecule has 1 heterocycles. The SMILES string of the molecule is C=C(Nc1ccccc1N)[C@H]1C(=O)NC(=O)N(CCCC)C1=O. The summed E-state index contributed by atoms with van der Waals surface area (Å²) < 4.78 is 0. The van der Waals surface area contributed by atoms with Crippen LogP contribution in [-0.2, 0) is 9.59 Å². The van der Waals surface area contributed by atoms with Crippen molar-refractivity contribution in [2.24, 2.45) is 5.92 Å². The second-order valence-electron chi connectivity index (χ2n) is 5.31. The van der Waals surface area contributed by atoms with E-state index in [0.717, 1.165) is 11.3 Å². The van der Waals surface area contributed by atoms with E-state index in [1.165, 1.54) is 0 Å². The normalized spacial score (nSPS) is 17.9. The summed E-state index contributed by atoms with van der Waals surface area (Å²) in [6.07, 6.45) is 1.50. The van der Waals surface area contributed by atoms with Crippen molar-refractivity contribution in [2.75, 3.05) is 17.6 Å². The average molecular weight is 316 g/mol. The van der Waals surface area contributed by atoms with Crippen molar-refractivity contribution in [3.63, 3.8) is 0 Å². The van der Waals surface area contributed by atoms with Crippen LogP contribution in [0.1, 0.15) is 19.8 Å². The number of benzene rings is 1. The molecule has 1 aromatic rings. The number of carbonyl (C=O) groups is 3. The van der Waals surface area contributed by atoms with Crippen LogP contribution in [0.4, 0.5) is 16.2 Å². The third-order valence-corrected chi connectivity index (χ3v) is 3.59. The third-order valence-electron chi connectivity index (χ3n) is 3.59. The number of nitrogens with two attached hydrogens (primary N) is 1. The van der Waals surface area contributed by atoms with Gasteiger partial charge in [-0.2, -0.15) is 0 Å². The van der Waals surface area contributed by atoms with Gasteiger partial charge in [0.05, 0.1) is 11.4 Å². The molecule has 0 aliphatic carbocycles. The van der Waals surface area contributed by atoms with E-state index in [1.54, 1.807) is 24.3 Å². The Morgan fingerprint density at radius 3 is 2.70 bits per heavy atom. The molecule has 4 N–H and O–H groups in total. The molecule has 4 amide bonds. The van der Waals surface area contributed by atoms with E-state index < -0.39 is 23.8 Å². The van der Waals surface area contributed by atoms with Crippen molar-refractivity contribution in [3.05, 3.63) is 36.5 Å². The van der Waals surface area contributed by atoms with Crippen LogP contribution in [0.2, 0.25) is 0 Å². The van der Waals surface area contributed by atoms with E-state index in [1.807, 2.05) is 6.92 Å². The van der Waals surface area contributed by atoms with Gasteiger partial charge in [0.2, 0.25) is 11.8 Å². The zero-order valence-electron chi connectivity index (χ0n) is 13.0. The molecular weight excluding hydrogens is 296 g/mol. The molecule has 1 aromatic carbocycles. The number of anilines is 2. The molecule has 0 spiro atoms. The van der Waals surface area contributed by atoms with Crippen LogP contribution in [0, 0.1) is 5.92 Å². The number of carbonyl (C=O) groups excluding carboxylic acids is 3. The fraction of sp³-hybridized carbons (Fsp3) is 0.312. The number of urea groups is 1. The van der Waals surface area contributed by atoms with E-state index in [0.29, 0.717) is 17.8 Å². The molecule has 1 aliphatic heterocycles. The van der Waals surface area contributed by atoms with Gasteiger partial charge in [-0.05, 0) is 18.6 Å². The molecule has 0 aromatic heterocycles. The maximum absolute atomic E-state index is 12.5. The van der Waals surface area contributed by atoms with Gasteiger partial charge in [0.1, 0.15) is 0 Å². The minimum atomic E-state index is -1.16. The van der Waals surface area contributed by atoms with Crippen LogP contribution in [-0.4, -0.2) is 29.3 Å². The van der Waals surface area contributed by atoms with E-state index in [-0.39, 0.29) is 12.2 Å². The van der Waals surface area contributed by atoms with Crippen LogP contribution in [0.25, 0.3) is 0 Å². The highest BCUT2D eigenvalue weighted by molar-refractivity contribution is 6.18.